The molecule has 104 valence electrons. The molecule has 2 aromatic rings. The van der Waals surface area contributed by atoms with E-state index >= 15 is 0 Å². The van der Waals surface area contributed by atoms with Crippen LogP contribution in [0.2, 0.25) is 0 Å². The fourth-order valence-corrected chi connectivity index (χ4v) is 1.49. The van der Waals surface area contributed by atoms with Gasteiger partial charge in [-0.15, -0.1) is 0 Å². The number of hydrogen-bond donors (Lipinski definition) is 1. The molecule has 20 heavy (non-hydrogen) atoms. The zero-order valence-electron chi connectivity index (χ0n) is 11.1. The largest absolute Gasteiger partial charge is 0.494 e. The first kappa shape index (κ1) is 13.7. The van der Waals surface area contributed by atoms with Crippen molar-refractivity contribution in [3.8, 4) is 5.75 Å². The SMILES string of the molecule is CCOc1ccc(/C=N/NC(=O)Cn2cncn2)cc1. The lowest BCUT2D eigenvalue weighted by molar-refractivity contribution is -0.121. The predicted molar refractivity (Wildman–Crippen MR) is 73.4 cm³/mol. The molecule has 0 aliphatic rings. The Bertz CT molecular complexity index is 563. The molecule has 1 aromatic heterocycles. The van der Waals surface area contributed by atoms with E-state index in [2.05, 4.69) is 20.6 Å². The molecule has 1 amide bonds. The van der Waals surface area contributed by atoms with Gasteiger partial charge in [-0.05, 0) is 36.8 Å². The topological polar surface area (TPSA) is 81.4 Å². The van der Waals surface area contributed by atoms with E-state index in [1.807, 2.05) is 31.2 Å². The van der Waals surface area contributed by atoms with Crippen LogP contribution >= 0.6 is 0 Å². The van der Waals surface area contributed by atoms with Crippen molar-refractivity contribution in [2.45, 2.75) is 13.5 Å². The van der Waals surface area contributed by atoms with Crippen LogP contribution < -0.4 is 10.2 Å². The Morgan fingerprint density at radius 1 is 1.45 bits per heavy atom. The molecule has 0 fully saturated rings. The second kappa shape index (κ2) is 7.03. The molecule has 0 atom stereocenters. The molecule has 7 nitrogen and oxygen atoms in total. The van der Waals surface area contributed by atoms with Crippen molar-refractivity contribution in [1.82, 2.24) is 20.2 Å². The molecule has 0 saturated heterocycles. The summed E-state index contributed by atoms with van der Waals surface area (Å²) in [6.07, 6.45) is 4.40. The summed E-state index contributed by atoms with van der Waals surface area (Å²) in [7, 11) is 0. The van der Waals surface area contributed by atoms with Crippen molar-refractivity contribution in [1.29, 1.82) is 0 Å². The Balaban J connectivity index is 1.82. The van der Waals surface area contributed by atoms with E-state index in [0.717, 1.165) is 11.3 Å². The van der Waals surface area contributed by atoms with Gasteiger partial charge < -0.3 is 4.74 Å². The van der Waals surface area contributed by atoms with Gasteiger partial charge in [0.2, 0.25) is 0 Å². The molecule has 2 rings (SSSR count). The molecule has 1 N–H and O–H groups in total. The van der Waals surface area contributed by atoms with E-state index in [1.54, 1.807) is 6.21 Å². The molecule has 0 spiro atoms. The maximum atomic E-state index is 11.5. The van der Waals surface area contributed by atoms with Crippen LogP contribution in [0.25, 0.3) is 0 Å². The number of benzene rings is 1. The maximum Gasteiger partial charge on any atom is 0.261 e. The van der Waals surface area contributed by atoms with Crippen LogP contribution in [0.1, 0.15) is 12.5 Å². The van der Waals surface area contributed by atoms with E-state index in [1.165, 1.54) is 17.3 Å². The molecule has 0 saturated carbocycles. The Morgan fingerprint density at radius 2 is 2.25 bits per heavy atom. The molecule has 0 radical (unpaired) electrons. The highest BCUT2D eigenvalue weighted by atomic mass is 16.5. The van der Waals surface area contributed by atoms with E-state index in [0.29, 0.717) is 6.61 Å². The quantitative estimate of drug-likeness (QED) is 0.624. The lowest BCUT2D eigenvalue weighted by Crippen LogP contribution is -2.23. The zero-order chi connectivity index (χ0) is 14.2. The van der Waals surface area contributed by atoms with Gasteiger partial charge in [0.1, 0.15) is 24.9 Å². The number of nitrogens with one attached hydrogen (secondary N) is 1. The summed E-state index contributed by atoms with van der Waals surface area (Å²) in [4.78, 5) is 15.3. The van der Waals surface area contributed by atoms with Crippen LogP contribution in [0.15, 0.2) is 42.0 Å². The normalized spacial score (nSPS) is 10.7. The first-order chi connectivity index (χ1) is 9.78. The number of hydrazone groups is 1. The van der Waals surface area contributed by atoms with Gasteiger partial charge >= 0.3 is 0 Å². The van der Waals surface area contributed by atoms with Crippen LogP contribution in [-0.4, -0.2) is 33.5 Å². The molecule has 0 unspecified atom stereocenters. The van der Waals surface area contributed by atoms with E-state index in [4.69, 9.17) is 4.74 Å². The lowest BCUT2D eigenvalue weighted by atomic mass is 10.2. The average Bonchev–Trinajstić information content (AvgIpc) is 2.94. The van der Waals surface area contributed by atoms with Gasteiger partial charge in [-0.1, -0.05) is 0 Å². The van der Waals surface area contributed by atoms with E-state index < -0.39 is 0 Å². The third-order valence-corrected chi connectivity index (χ3v) is 2.37. The highest BCUT2D eigenvalue weighted by Gasteiger charge is 2.00. The summed E-state index contributed by atoms with van der Waals surface area (Å²) in [6.45, 7) is 2.65. The molecule has 0 aliphatic carbocycles. The van der Waals surface area contributed by atoms with Gasteiger partial charge in [0, 0.05) is 0 Å². The number of ether oxygens (including phenoxy) is 1. The van der Waals surface area contributed by atoms with Crippen molar-refractivity contribution >= 4 is 12.1 Å². The van der Waals surface area contributed by atoms with Gasteiger partial charge in [-0.2, -0.15) is 10.2 Å². The molecule has 0 bridgehead atoms. The van der Waals surface area contributed by atoms with Crippen molar-refractivity contribution in [2.75, 3.05) is 6.61 Å². The second-order valence-electron chi connectivity index (χ2n) is 3.89. The number of nitrogens with zero attached hydrogens (tertiary/aromatic N) is 4. The Hall–Kier alpha value is -2.70. The van der Waals surface area contributed by atoms with Gasteiger partial charge in [-0.25, -0.2) is 15.1 Å². The summed E-state index contributed by atoms with van der Waals surface area (Å²) in [6, 6.07) is 7.42. The summed E-state index contributed by atoms with van der Waals surface area (Å²) in [5.41, 5.74) is 3.29. The first-order valence-corrected chi connectivity index (χ1v) is 6.15. The lowest BCUT2D eigenvalue weighted by Gasteiger charge is -2.02. The Labute approximate surface area is 116 Å². The third kappa shape index (κ3) is 4.20. The first-order valence-electron chi connectivity index (χ1n) is 6.15. The fraction of sp³-hybridized carbons (Fsp3) is 0.231. The van der Waals surface area contributed by atoms with Gasteiger partial charge in [-0.3, -0.25) is 4.79 Å². The standard InChI is InChI=1S/C13H15N5O2/c1-2-20-12-5-3-11(4-6-12)7-15-17-13(19)8-18-10-14-9-16-18/h3-7,9-10H,2,8H2,1H3,(H,17,19)/b15-7+. The molecule has 7 heteroatoms. The number of carbonyl (C=O) groups is 1. The molecule has 1 heterocycles. The fourth-order valence-electron chi connectivity index (χ4n) is 1.49. The Kier molecular flexibility index (Phi) is 4.82. The number of carbonyl (C=O) groups excluding carboxylic acids is 1. The molecule has 1 aromatic carbocycles. The average molecular weight is 273 g/mol. The maximum absolute atomic E-state index is 11.5. The molecular weight excluding hydrogens is 258 g/mol. The number of aromatic nitrogens is 3. The number of rotatable bonds is 6. The Morgan fingerprint density at radius 3 is 2.90 bits per heavy atom. The van der Waals surface area contributed by atoms with Crippen LogP contribution in [0, 0.1) is 0 Å². The van der Waals surface area contributed by atoms with Gasteiger partial charge in [0.25, 0.3) is 5.91 Å². The van der Waals surface area contributed by atoms with Gasteiger partial charge in [0.05, 0.1) is 12.8 Å². The zero-order valence-corrected chi connectivity index (χ0v) is 11.1. The summed E-state index contributed by atoms with van der Waals surface area (Å²) >= 11 is 0. The van der Waals surface area contributed by atoms with Crippen molar-refractivity contribution < 1.29 is 9.53 Å². The highest BCUT2D eigenvalue weighted by Crippen LogP contribution is 2.10. The minimum Gasteiger partial charge on any atom is -0.494 e. The van der Waals surface area contributed by atoms with E-state index in [-0.39, 0.29) is 12.5 Å². The van der Waals surface area contributed by atoms with Crippen LogP contribution in [0.5, 0.6) is 5.75 Å². The van der Waals surface area contributed by atoms with Crippen LogP contribution in [0.3, 0.4) is 0 Å². The predicted octanol–water partition coefficient (Wildman–Crippen LogP) is 0.827. The smallest absolute Gasteiger partial charge is 0.261 e. The van der Waals surface area contributed by atoms with Crippen LogP contribution in [0.4, 0.5) is 0 Å². The second-order valence-corrected chi connectivity index (χ2v) is 3.89. The summed E-state index contributed by atoms with van der Waals surface area (Å²) < 4.78 is 6.75. The van der Waals surface area contributed by atoms with Crippen molar-refractivity contribution in [3.63, 3.8) is 0 Å². The summed E-state index contributed by atoms with van der Waals surface area (Å²) in [5, 5.41) is 7.70. The third-order valence-electron chi connectivity index (χ3n) is 2.37. The molecular formula is C13H15N5O2. The monoisotopic (exact) mass is 273 g/mol. The van der Waals surface area contributed by atoms with Crippen LogP contribution in [-0.2, 0) is 11.3 Å². The summed E-state index contributed by atoms with van der Waals surface area (Å²) in [5.74, 6) is 0.539. The van der Waals surface area contributed by atoms with Crippen molar-refractivity contribution in [3.05, 3.63) is 42.5 Å². The molecule has 0 aliphatic heterocycles. The minimum absolute atomic E-state index is 0.0839. The minimum atomic E-state index is -0.266. The number of amides is 1. The highest BCUT2D eigenvalue weighted by molar-refractivity contribution is 5.82. The van der Waals surface area contributed by atoms with Gasteiger partial charge in [0.15, 0.2) is 0 Å². The number of hydrogen-bond acceptors (Lipinski definition) is 5. The van der Waals surface area contributed by atoms with E-state index in [9.17, 15) is 4.79 Å². The van der Waals surface area contributed by atoms with Crippen molar-refractivity contribution in [2.24, 2.45) is 5.10 Å².